The van der Waals surface area contributed by atoms with Crippen molar-refractivity contribution in [2.75, 3.05) is 0 Å². The van der Waals surface area contributed by atoms with Crippen LogP contribution in [0.3, 0.4) is 0 Å². The zero-order valence-electron chi connectivity index (χ0n) is 16.3. The van der Waals surface area contributed by atoms with Gasteiger partial charge in [0, 0.05) is 11.6 Å². The fourth-order valence-electron chi connectivity index (χ4n) is 2.91. The molecule has 0 aliphatic carbocycles. The van der Waals surface area contributed by atoms with E-state index in [2.05, 4.69) is 30.7 Å². The molecular weight excluding hydrogens is 360 g/mol. The van der Waals surface area contributed by atoms with Crippen LogP contribution in [-0.4, -0.2) is 14.3 Å². The van der Waals surface area contributed by atoms with Crippen LogP contribution in [0.1, 0.15) is 67.6 Å². The number of hydrogen-bond donors (Lipinski definition) is 2. The summed E-state index contributed by atoms with van der Waals surface area (Å²) >= 11 is 0. The van der Waals surface area contributed by atoms with Crippen LogP contribution < -0.4 is 10.5 Å². The van der Waals surface area contributed by atoms with Crippen molar-refractivity contribution in [2.45, 2.75) is 51.0 Å². The van der Waals surface area contributed by atoms with Gasteiger partial charge in [-0.1, -0.05) is 58.0 Å². The van der Waals surface area contributed by atoms with E-state index < -0.39 is 15.9 Å². The molecule has 0 fully saturated rings. The van der Waals surface area contributed by atoms with Crippen LogP contribution in [0.2, 0.25) is 0 Å². The van der Waals surface area contributed by atoms with Gasteiger partial charge in [0.15, 0.2) is 0 Å². The van der Waals surface area contributed by atoms with Crippen LogP contribution in [0.4, 0.5) is 0 Å². The Hall–Kier alpha value is -2.18. The van der Waals surface area contributed by atoms with E-state index in [-0.39, 0.29) is 22.4 Å². The number of carbonyl (C=O) groups excluding carboxylic acids is 1. The van der Waals surface area contributed by atoms with E-state index >= 15 is 0 Å². The summed E-state index contributed by atoms with van der Waals surface area (Å²) in [6.45, 7) is 8.25. The third kappa shape index (κ3) is 5.17. The summed E-state index contributed by atoms with van der Waals surface area (Å²) in [5, 5.41) is 0. The number of nitrogens with two attached hydrogens (primary N) is 1. The van der Waals surface area contributed by atoms with Gasteiger partial charge in [-0.25, -0.2) is 13.1 Å². The lowest BCUT2D eigenvalue weighted by molar-refractivity contribution is 0.1000. The van der Waals surface area contributed by atoms with Crippen molar-refractivity contribution >= 4 is 15.9 Å². The van der Waals surface area contributed by atoms with E-state index in [9.17, 15) is 13.2 Å². The first kappa shape index (κ1) is 21.1. The van der Waals surface area contributed by atoms with Crippen molar-refractivity contribution < 1.29 is 13.2 Å². The van der Waals surface area contributed by atoms with E-state index in [0.717, 1.165) is 12.0 Å². The van der Waals surface area contributed by atoms with Gasteiger partial charge in [-0.2, -0.15) is 0 Å². The van der Waals surface area contributed by atoms with E-state index in [1.807, 2.05) is 26.0 Å². The van der Waals surface area contributed by atoms with Crippen LogP contribution in [0.15, 0.2) is 53.4 Å². The van der Waals surface area contributed by atoms with Gasteiger partial charge in [0.1, 0.15) is 0 Å². The zero-order chi connectivity index (χ0) is 20.2. The van der Waals surface area contributed by atoms with E-state index in [1.54, 1.807) is 0 Å². The highest BCUT2D eigenvalue weighted by molar-refractivity contribution is 7.89. The van der Waals surface area contributed by atoms with E-state index in [0.29, 0.717) is 5.92 Å². The molecule has 2 atom stereocenters. The lowest BCUT2D eigenvalue weighted by atomic mass is 9.93. The average molecular weight is 389 g/mol. The van der Waals surface area contributed by atoms with Gasteiger partial charge in [0.2, 0.25) is 15.9 Å². The van der Waals surface area contributed by atoms with Crippen LogP contribution in [-0.2, 0) is 10.0 Å². The summed E-state index contributed by atoms with van der Waals surface area (Å²) in [4.78, 5) is 11.4. The first-order chi connectivity index (χ1) is 12.7. The molecule has 5 nitrogen and oxygen atoms in total. The Morgan fingerprint density at radius 2 is 1.63 bits per heavy atom. The van der Waals surface area contributed by atoms with Crippen LogP contribution >= 0.6 is 0 Å². The third-order valence-corrected chi connectivity index (χ3v) is 6.29. The Morgan fingerprint density at radius 1 is 1.04 bits per heavy atom. The van der Waals surface area contributed by atoms with Gasteiger partial charge in [-0.05, 0) is 47.6 Å². The molecule has 3 N–H and O–H groups in total. The largest absolute Gasteiger partial charge is 0.366 e. The minimum absolute atomic E-state index is 0.0284. The molecule has 146 valence electrons. The molecule has 0 heterocycles. The Morgan fingerprint density at radius 3 is 2.15 bits per heavy atom. The monoisotopic (exact) mass is 388 g/mol. The van der Waals surface area contributed by atoms with Crippen molar-refractivity contribution in [3.05, 3.63) is 65.2 Å². The van der Waals surface area contributed by atoms with Crippen LogP contribution in [0, 0.1) is 5.92 Å². The summed E-state index contributed by atoms with van der Waals surface area (Å²) in [6, 6.07) is 13.5. The van der Waals surface area contributed by atoms with Crippen LogP contribution in [0.5, 0.6) is 0 Å². The molecule has 0 bridgehead atoms. The highest BCUT2D eigenvalue weighted by atomic mass is 32.2. The first-order valence-electron chi connectivity index (χ1n) is 9.17. The van der Waals surface area contributed by atoms with E-state index in [1.165, 1.54) is 29.8 Å². The molecule has 0 saturated carbocycles. The van der Waals surface area contributed by atoms with Gasteiger partial charge < -0.3 is 5.73 Å². The third-order valence-electron chi connectivity index (χ3n) is 4.85. The van der Waals surface area contributed by atoms with Gasteiger partial charge in [0.25, 0.3) is 0 Å². The maximum Gasteiger partial charge on any atom is 0.248 e. The van der Waals surface area contributed by atoms with Gasteiger partial charge in [-0.15, -0.1) is 0 Å². The predicted molar refractivity (Wildman–Crippen MR) is 108 cm³/mol. The molecule has 0 aliphatic rings. The normalized spacial score (nSPS) is 14.1. The molecule has 0 spiro atoms. The SMILES string of the molecule is CCC(C)c1ccc(C(NS(=O)(=O)c2cccc(C(N)=O)c2)C(C)C)cc1. The summed E-state index contributed by atoms with van der Waals surface area (Å²) < 4.78 is 28.5. The fourth-order valence-corrected chi connectivity index (χ4v) is 4.33. The highest BCUT2D eigenvalue weighted by Crippen LogP contribution is 2.27. The highest BCUT2D eigenvalue weighted by Gasteiger charge is 2.24. The second-order valence-electron chi connectivity index (χ2n) is 7.21. The molecule has 0 radical (unpaired) electrons. The number of benzene rings is 2. The van der Waals surface area contributed by atoms with Crippen LogP contribution in [0.25, 0.3) is 0 Å². The molecule has 2 aromatic rings. The lowest BCUT2D eigenvalue weighted by Crippen LogP contribution is -2.32. The Kier molecular flexibility index (Phi) is 6.78. The molecule has 2 unspecified atom stereocenters. The number of nitrogens with one attached hydrogen (secondary N) is 1. The topological polar surface area (TPSA) is 89.3 Å². The number of primary amides is 1. The summed E-state index contributed by atoms with van der Waals surface area (Å²) in [5.41, 5.74) is 7.57. The fraction of sp³-hybridized carbons (Fsp3) is 0.381. The number of rotatable bonds is 8. The Bertz CT molecular complexity index is 890. The molecule has 0 saturated heterocycles. The number of carbonyl (C=O) groups is 1. The number of amides is 1. The summed E-state index contributed by atoms with van der Waals surface area (Å²) in [5.74, 6) is -0.147. The average Bonchev–Trinajstić information content (AvgIpc) is 2.65. The molecule has 2 aromatic carbocycles. The summed E-state index contributed by atoms with van der Waals surface area (Å²) in [6.07, 6.45) is 1.05. The van der Waals surface area contributed by atoms with E-state index in [4.69, 9.17) is 5.73 Å². The van der Waals surface area contributed by atoms with Crippen molar-refractivity contribution in [1.29, 1.82) is 0 Å². The first-order valence-corrected chi connectivity index (χ1v) is 10.7. The summed E-state index contributed by atoms with van der Waals surface area (Å²) in [7, 11) is -3.80. The molecule has 0 aliphatic heterocycles. The maximum atomic E-state index is 12.9. The van der Waals surface area contributed by atoms with Gasteiger partial charge in [0.05, 0.1) is 4.90 Å². The van der Waals surface area contributed by atoms with Gasteiger partial charge in [-0.3, -0.25) is 4.79 Å². The van der Waals surface area contributed by atoms with Crippen molar-refractivity contribution in [3.63, 3.8) is 0 Å². The quantitative estimate of drug-likeness (QED) is 0.717. The minimum atomic E-state index is -3.80. The second kappa shape index (κ2) is 8.67. The maximum absolute atomic E-state index is 12.9. The molecule has 0 aromatic heterocycles. The van der Waals surface area contributed by atoms with Crippen molar-refractivity contribution in [3.8, 4) is 0 Å². The molecule has 2 rings (SSSR count). The molecule has 27 heavy (non-hydrogen) atoms. The predicted octanol–water partition coefficient (Wildman–Crippen LogP) is 3.97. The number of sulfonamides is 1. The smallest absolute Gasteiger partial charge is 0.248 e. The zero-order valence-corrected chi connectivity index (χ0v) is 17.1. The standard InChI is InChI=1S/C21H28N2O3S/c1-5-15(4)16-9-11-17(12-10-16)20(14(2)3)23-27(25,26)19-8-6-7-18(13-19)21(22)24/h6-15,20,23H,5H2,1-4H3,(H2,22,24). The Labute approximate surface area is 162 Å². The lowest BCUT2D eigenvalue weighted by Gasteiger charge is -2.23. The Balaban J connectivity index is 2.32. The second-order valence-corrected chi connectivity index (χ2v) is 8.93. The molecule has 6 heteroatoms. The van der Waals surface area contributed by atoms with Gasteiger partial charge >= 0.3 is 0 Å². The number of hydrogen-bond acceptors (Lipinski definition) is 3. The molecular formula is C21H28N2O3S. The van der Waals surface area contributed by atoms with Crippen molar-refractivity contribution in [1.82, 2.24) is 4.72 Å². The molecule has 1 amide bonds. The minimum Gasteiger partial charge on any atom is -0.366 e. The van der Waals surface area contributed by atoms with Crippen molar-refractivity contribution in [2.24, 2.45) is 11.7 Å².